The molecular weight excluding hydrogens is 150 g/mol. The van der Waals surface area contributed by atoms with Crippen molar-refractivity contribution >= 4 is 0 Å². The second kappa shape index (κ2) is 4.96. The molecule has 0 unspecified atom stereocenters. The molecule has 1 rings (SSSR count). The Morgan fingerprint density at radius 3 is 2.75 bits per heavy atom. The number of aromatic nitrogens is 1. The van der Waals surface area contributed by atoms with Crippen LogP contribution in [0.3, 0.4) is 0 Å². The number of hydrogen-bond acceptors (Lipinski definition) is 2. The van der Waals surface area contributed by atoms with Crippen molar-refractivity contribution in [2.75, 3.05) is 0 Å². The molecule has 68 valence electrons. The Bertz CT molecular complexity index is 217. The van der Waals surface area contributed by atoms with Gasteiger partial charge in [-0.15, -0.1) is 0 Å². The van der Waals surface area contributed by atoms with Crippen LogP contribution in [0, 0.1) is 0 Å². The quantitative estimate of drug-likeness (QED) is 0.673. The van der Waals surface area contributed by atoms with E-state index in [4.69, 9.17) is 4.52 Å². The molecule has 0 atom stereocenters. The van der Waals surface area contributed by atoms with Gasteiger partial charge < -0.3 is 4.52 Å². The van der Waals surface area contributed by atoms with Gasteiger partial charge in [0.15, 0.2) is 0 Å². The van der Waals surface area contributed by atoms with E-state index < -0.39 is 0 Å². The van der Waals surface area contributed by atoms with Gasteiger partial charge in [0.2, 0.25) is 0 Å². The second-order valence-electron chi connectivity index (χ2n) is 3.14. The highest BCUT2D eigenvalue weighted by atomic mass is 16.5. The minimum Gasteiger partial charge on any atom is -0.361 e. The van der Waals surface area contributed by atoms with Crippen LogP contribution in [0.4, 0.5) is 0 Å². The Labute approximate surface area is 74.0 Å². The number of aryl methyl sites for hydroxylation is 2. The molecule has 0 fully saturated rings. The van der Waals surface area contributed by atoms with E-state index in [-0.39, 0.29) is 0 Å². The van der Waals surface area contributed by atoms with Crippen molar-refractivity contribution < 1.29 is 4.52 Å². The molecule has 0 bridgehead atoms. The smallest absolute Gasteiger partial charge is 0.137 e. The first-order chi connectivity index (χ1) is 5.86. The van der Waals surface area contributed by atoms with Gasteiger partial charge in [0, 0.05) is 12.5 Å². The van der Waals surface area contributed by atoms with Crippen molar-refractivity contribution in [3.63, 3.8) is 0 Å². The third kappa shape index (κ3) is 2.68. The molecule has 0 aliphatic carbocycles. The SMILES string of the molecule is CCCCc1cc(CCC)no1. The Kier molecular flexibility index (Phi) is 3.85. The number of unbranched alkanes of at least 4 members (excludes halogenated alkanes) is 1. The van der Waals surface area contributed by atoms with Crippen molar-refractivity contribution in [3.05, 3.63) is 17.5 Å². The highest BCUT2D eigenvalue weighted by Gasteiger charge is 2.01. The fraction of sp³-hybridized carbons (Fsp3) is 0.700. The lowest BCUT2D eigenvalue weighted by molar-refractivity contribution is 0.374. The average molecular weight is 167 g/mol. The third-order valence-corrected chi connectivity index (χ3v) is 1.89. The molecule has 0 spiro atoms. The van der Waals surface area contributed by atoms with Crippen molar-refractivity contribution in [1.29, 1.82) is 0 Å². The lowest BCUT2D eigenvalue weighted by Crippen LogP contribution is -1.81. The van der Waals surface area contributed by atoms with Crippen LogP contribution < -0.4 is 0 Å². The van der Waals surface area contributed by atoms with Gasteiger partial charge in [-0.1, -0.05) is 31.8 Å². The first-order valence-corrected chi connectivity index (χ1v) is 4.81. The topological polar surface area (TPSA) is 26.0 Å². The van der Waals surface area contributed by atoms with Gasteiger partial charge in [-0.25, -0.2) is 0 Å². The standard InChI is InChI=1S/C10H17NO/c1-3-5-7-10-8-9(6-4-2)11-12-10/h8H,3-7H2,1-2H3. The fourth-order valence-corrected chi connectivity index (χ4v) is 1.20. The van der Waals surface area contributed by atoms with E-state index in [1.54, 1.807) is 0 Å². The van der Waals surface area contributed by atoms with E-state index in [9.17, 15) is 0 Å². The molecule has 1 aromatic rings. The van der Waals surface area contributed by atoms with E-state index in [1.807, 2.05) is 0 Å². The summed E-state index contributed by atoms with van der Waals surface area (Å²) in [6.45, 7) is 4.34. The zero-order chi connectivity index (χ0) is 8.81. The molecule has 0 N–H and O–H groups in total. The van der Waals surface area contributed by atoms with E-state index in [0.717, 1.165) is 30.7 Å². The van der Waals surface area contributed by atoms with Gasteiger partial charge in [0.1, 0.15) is 5.76 Å². The molecule has 12 heavy (non-hydrogen) atoms. The van der Waals surface area contributed by atoms with Crippen LogP contribution in [0.5, 0.6) is 0 Å². The maximum Gasteiger partial charge on any atom is 0.137 e. The Morgan fingerprint density at radius 1 is 1.25 bits per heavy atom. The molecule has 0 amide bonds. The van der Waals surface area contributed by atoms with E-state index in [0.29, 0.717) is 0 Å². The van der Waals surface area contributed by atoms with Crippen LogP contribution in [0.1, 0.15) is 44.6 Å². The second-order valence-corrected chi connectivity index (χ2v) is 3.14. The van der Waals surface area contributed by atoms with Crippen molar-refractivity contribution in [2.24, 2.45) is 0 Å². The average Bonchev–Trinajstić information content (AvgIpc) is 2.50. The summed E-state index contributed by atoms with van der Waals surface area (Å²) < 4.78 is 5.17. The van der Waals surface area contributed by atoms with Crippen LogP contribution >= 0.6 is 0 Å². The minimum atomic E-state index is 1.03. The molecule has 2 nitrogen and oxygen atoms in total. The summed E-state index contributed by atoms with van der Waals surface area (Å²) in [6.07, 6.45) is 5.62. The lowest BCUT2D eigenvalue weighted by Gasteiger charge is -1.88. The van der Waals surface area contributed by atoms with Crippen molar-refractivity contribution in [3.8, 4) is 0 Å². The van der Waals surface area contributed by atoms with Crippen LogP contribution in [0.2, 0.25) is 0 Å². The molecule has 0 saturated heterocycles. The zero-order valence-corrected chi connectivity index (χ0v) is 7.97. The monoisotopic (exact) mass is 167 g/mol. The van der Waals surface area contributed by atoms with Crippen LogP contribution in [0.25, 0.3) is 0 Å². The molecule has 0 aromatic carbocycles. The van der Waals surface area contributed by atoms with Crippen molar-refractivity contribution in [2.45, 2.75) is 46.0 Å². The summed E-state index contributed by atoms with van der Waals surface area (Å²) in [7, 11) is 0. The molecular formula is C10H17NO. The maximum atomic E-state index is 5.17. The Morgan fingerprint density at radius 2 is 2.08 bits per heavy atom. The predicted molar refractivity (Wildman–Crippen MR) is 49.1 cm³/mol. The largest absolute Gasteiger partial charge is 0.361 e. The highest BCUT2D eigenvalue weighted by molar-refractivity contribution is 5.05. The van der Waals surface area contributed by atoms with E-state index in [2.05, 4.69) is 25.1 Å². The summed E-state index contributed by atoms with van der Waals surface area (Å²) in [4.78, 5) is 0. The van der Waals surface area contributed by atoms with Gasteiger partial charge >= 0.3 is 0 Å². The molecule has 1 aromatic heterocycles. The van der Waals surface area contributed by atoms with Gasteiger partial charge in [0.25, 0.3) is 0 Å². The molecule has 2 heteroatoms. The van der Waals surface area contributed by atoms with Gasteiger partial charge in [-0.3, -0.25) is 0 Å². The summed E-state index contributed by atoms with van der Waals surface area (Å²) in [5.41, 5.74) is 1.10. The van der Waals surface area contributed by atoms with Crippen LogP contribution in [-0.2, 0) is 12.8 Å². The summed E-state index contributed by atoms with van der Waals surface area (Å²) in [6, 6.07) is 2.08. The van der Waals surface area contributed by atoms with Gasteiger partial charge in [-0.2, -0.15) is 0 Å². The number of rotatable bonds is 5. The Balaban J connectivity index is 2.41. The normalized spacial score (nSPS) is 10.5. The molecule has 0 aliphatic rings. The lowest BCUT2D eigenvalue weighted by atomic mass is 10.2. The zero-order valence-electron chi connectivity index (χ0n) is 7.97. The third-order valence-electron chi connectivity index (χ3n) is 1.89. The number of hydrogen-bond donors (Lipinski definition) is 0. The van der Waals surface area contributed by atoms with E-state index in [1.165, 1.54) is 12.8 Å². The highest BCUT2D eigenvalue weighted by Crippen LogP contribution is 2.08. The van der Waals surface area contributed by atoms with Crippen molar-refractivity contribution in [1.82, 2.24) is 5.16 Å². The summed E-state index contributed by atoms with van der Waals surface area (Å²) in [5.74, 6) is 1.04. The van der Waals surface area contributed by atoms with Crippen LogP contribution in [-0.4, -0.2) is 5.16 Å². The predicted octanol–water partition coefficient (Wildman–Crippen LogP) is 2.97. The maximum absolute atomic E-state index is 5.17. The number of nitrogens with zero attached hydrogens (tertiary/aromatic N) is 1. The fourth-order valence-electron chi connectivity index (χ4n) is 1.20. The molecule has 0 saturated carbocycles. The molecule has 0 radical (unpaired) electrons. The van der Waals surface area contributed by atoms with E-state index >= 15 is 0 Å². The molecule has 0 aliphatic heterocycles. The first-order valence-electron chi connectivity index (χ1n) is 4.81. The van der Waals surface area contributed by atoms with Crippen LogP contribution in [0.15, 0.2) is 10.6 Å². The van der Waals surface area contributed by atoms with Gasteiger partial charge in [-0.05, 0) is 12.8 Å². The summed E-state index contributed by atoms with van der Waals surface area (Å²) in [5, 5.41) is 3.98. The summed E-state index contributed by atoms with van der Waals surface area (Å²) >= 11 is 0. The minimum absolute atomic E-state index is 1.03. The van der Waals surface area contributed by atoms with Gasteiger partial charge in [0.05, 0.1) is 5.69 Å². The first kappa shape index (κ1) is 9.30. The molecule has 1 heterocycles. The Hall–Kier alpha value is -0.790.